The Morgan fingerprint density at radius 1 is 1.32 bits per heavy atom. The van der Waals surface area contributed by atoms with Gasteiger partial charge in [-0.25, -0.2) is 6.54 Å². The first-order valence-corrected chi connectivity index (χ1v) is 6.83. The minimum Gasteiger partial charge on any atom is -0.665 e. The number of aryl methyl sites for hydroxylation is 1. The van der Waals surface area contributed by atoms with Gasteiger partial charge in [0.15, 0.2) is 5.91 Å². The van der Waals surface area contributed by atoms with E-state index in [1.54, 1.807) is 0 Å². The number of rotatable bonds is 5. The van der Waals surface area contributed by atoms with Crippen molar-refractivity contribution in [3.05, 3.63) is 53.7 Å². The van der Waals surface area contributed by atoms with Crippen LogP contribution in [0.25, 0.3) is 5.32 Å². The van der Waals surface area contributed by atoms with Crippen molar-refractivity contribution in [1.82, 2.24) is 4.90 Å². The van der Waals surface area contributed by atoms with Gasteiger partial charge in [0.05, 0.1) is 0 Å². The number of carbonyl (C=O) groups excluding carboxylic acids is 1. The van der Waals surface area contributed by atoms with Crippen molar-refractivity contribution < 1.29 is 117 Å². The van der Waals surface area contributed by atoms with Crippen molar-refractivity contribution in [2.45, 2.75) is 32.2 Å². The van der Waals surface area contributed by atoms with Crippen LogP contribution in [0.5, 0.6) is 0 Å². The van der Waals surface area contributed by atoms with Crippen LogP contribution in [0.15, 0.2) is 18.2 Å². The molecule has 1 radical (unpaired) electrons. The number of fused-ring (bicyclic) bond motifs is 1. The third-order valence-corrected chi connectivity index (χ3v) is 3.48. The maximum absolute atomic E-state index is 12.1. The number of benzene rings is 1. The van der Waals surface area contributed by atoms with Crippen LogP contribution in [0.4, 0.5) is 0 Å². The quantitative estimate of drug-likeness (QED) is 0.342. The van der Waals surface area contributed by atoms with E-state index in [0.717, 1.165) is 31.4 Å². The summed E-state index contributed by atoms with van der Waals surface area (Å²) in [6.45, 7) is 7.53. The van der Waals surface area contributed by atoms with Gasteiger partial charge in [0.2, 0.25) is 0 Å². The summed E-state index contributed by atoms with van der Waals surface area (Å²) in [4.78, 5) is 13.9. The molecular weight excluding hydrogens is 594 g/mol. The van der Waals surface area contributed by atoms with E-state index in [2.05, 4.69) is 24.4 Å². The van der Waals surface area contributed by atoms with Crippen LogP contribution < -0.4 is 58.2 Å². The van der Waals surface area contributed by atoms with E-state index in [1.165, 1.54) is 11.1 Å². The molecule has 0 unspecified atom stereocenters. The molecule has 0 N–H and O–H groups in total. The number of unbranched alkanes of at least 4 members (excludes halogenated alkanes) is 1. The molecule has 0 bridgehead atoms. The molecule has 3 nitrogen and oxygen atoms in total. The number of hydrogen-bond donors (Lipinski definition) is 0. The molecule has 0 aromatic heterocycles. The molecule has 1 heterocycles. The fourth-order valence-electron chi connectivity index (χ4n) is 2.39. The standard InChI is InChI=1S/C16H21N2O.Rb.W.Y/c1-13-5-6-14-7-8-16(19)18(12-15(14)11-13)10-4-3-9-17-2;;;/h5-6,10-11H,1,3-4,7-9,12H2,2H3;;;/q-3;+1;;. The molecule has 0 atom stereocenters. The predicted molar refractivity (Wildman–Crippen MR) is 77.5 cm³/mol. The molecular formula is C16H21N2ORbWY-2. The molecule has 2 rings (SSSR count). The van der Waals surface area contributed by atoms with E-state index in [1.807, 2.05) is 24.6 Å². The van der Waals surface area contributed by atoms with E-state index in [0.29, 0.717) is 13.0 Å². The van der Waals surface area contributed by atoms with E-state index in [9.17, 15) is 4.79 Å². The van der Waals surface area contributed by atoms with Crippen LogP contribution in [-0.2, 0) is 71.5 Å². The Balaban J connectivity index is 0. The summed E-state index contributed by atoms with van der Waals surface area (Å²) in [6.07, 6.45) is 3.34. The Kier molecular flexibility index (Phi) is 17.1. The SMILES string of the molecule is [CH2-]c1ccc2c(c1)CN([CH-]CCC[N-]C)C(=O)CC2.[Rb+].[W].[Y]. The molecule has 1 aliphatic heterocycles. The van der Waals surface area contributed by atoms with Crippen molar-refractivity contribution in [3.8, 4) is 0 Å². The van der Waals surface area contributed by atoms with Gasteiger partial charge in [-0.1, -0.05) is 17.5 Å². The van der Waals surface area contributed by atoms with Crippen molar-refractivity contribution in [1.29, 1.82) is 0 Å². The van der Waals surface area contributed by atoms with Gasteiger partial charge in [-0.2, -0.15) is 44.6 Å². The molecule has 1 aromatic rings. The Morgan fingerprint density at radius 3 is 2.73 bits per heavy atom. The maximum atomic E-state index is 12.1. The van der Waals surface area contributed by atoms with Gasteiger partial charge >= 0.3 is 58.2 Å². The van der Waals surface area contributed by atoms with Crippen molar-refractivity contribution in [3.63, 3.8) is 0 Å². The zero-order chi connectivity index (χ0) is 13.7. The van der Waals surface area contributed by atoms with Gasteiger partial charge in [-0.15, -0.1) is 6.07 Å². The summed E-state index contributed by atoms with van der Waals surface area (Å²) in [5.74, 6) is 0.218. The average molecular weight is 616 g/mol. The van der Waals surface area contributed by atoms with E-state index in [-0.39, 0.29) is 118 Å². The fraction of sp³-hybridized carbons (Fsp3) is 0.438. The van der Waals surface area contributed by atoms with Crippen LogP contribution >= 0.6 is 0 Å². The van der Waals surface area contributed by atoms with Crippen LogP contribution in [0.3, 0.4) is 0 Å². The number of amides is 1. The Hall–Kier alpha value is 2.12. The molecule has 113 valence electrons. The second-order valence-electron chi connectivity index (χ2n) is 4.99. The van der Waals surface area contributed by atoms with Gasteiger partial charge < -0.3 is 10.2 Å². The molecule has 6 heteroatoms. The van der Waals surface area contributed by atoms with Crippen LogP contribution in [0, 0.1) is 13.5 Å². The molecule has 0 aliphatic carbocycles. The fourth-order valence-corrected chi connectivity index (χ4v) is 2.39. The second-order valence-corrected chi connectivity index (χ2v) is 4.99. The van der Waals surface area contributed by atoms with Gasteiger partial charge in [-0.05, 0) is 6.42 Å². The Morgan fingerprint density at radius 2 is 2.05 bits per heavy atom. The predicted octanol–water partition coefficient (Wildman–Crippen LogP) is 0.0881. The van der Waals surface area contributed by atoms with Crippen molar-refractivity contribution >= 4 is 5.91 Å². The normalized spacial score (nSPS) is 13.1. The third kappa shape index (κ3) is 8.47. The minimum absolute atomic E-state index is 0. The zero-order valence-corrected chi connectivity index (χ0v) is 24.2. The zero-order valence-electron chi connectivity index (χ0n) is 13.5. The second kappa shape index (κ2) is 14.3. The molecule has 1 amide bonds. The van der Waals surface area contributed by atoms with Crippen molar-refractivity contribution in [2.24, 2.45) is 0 Å². The summed E-state index contributed by atoms with van der Waals surface area (Å²) >= 11 is 0. The van der Waals surface area contributed by atoms with Crippen LogP contribution in [0.2, 0.25) is 0 Å². The molecule has 22 heavy (non-hydrogen) atoms. The molecule has 0 spiro atoms. The monoisotopic (exact) mass is 615 g/mol. The summed E-state index contributed by atoms with van der Waals surface area (Å²) in [5, 5.41) is 4.07. The van der Waals surface area contributed by atoms with Gasteiger partial charge in [0.25, 0.3) is 0 Å². The number of carbonyl (C=O) groups is 1. The molecule has 0 saturated heterocycles. The summed E-state index contributed by atoms with van der Waals surface area (Å²) in [6, 6.07) is 6.21. The first kappa shape index (κ1) is 26.3. The summed E-state index contributed by atoms with van der Waals surface area (Å²) < 4.78 is 0. The molecule has 1 aliphatic rings. The van der Waals surface area contributed by atoms with E-state index >= 15 is 0 Å². The minimum atomic E-state index is 0. The first-order chi connectivity index (χ1) is 9.20. The third-order valence-electron chi connectivity index (χ3n) is 3.48. The maximum Gasteiger partial charge on any atom is 1.00 e. The average Bonchev–Trinajstić information content (AvgIpc) is 2.55. The Bertz CT molecular complexity index is 460. The largest absolute Gasteiger partial charge is 1.00 e. The first-order valence-electron chi connectivity index (χ1n) is 6.83. The molecule has 0 saturated carbocycles. The Labute approximate surface area is 223 Å². The summed E-state index contributed by atoms with van der Waals surface area (Å²) in [7, 11) is 1.82. The van der Waals surface area contributed by atoms with Gasteiger partial charge in [0.1, 0.15) is 0 Å². The van der Waals surface area contributed by atoms with Gasteiger partial charge in [-0.3, -0.25) is 4.79 Å². The summed E-state index contributed by atoms with van der Waals surface area (Å²) in [5.41, 5.74) is 3.52. The van der Waals surface area contributed by atoms with Crippen LogP contribution in [0.1, 0.15) is 36.0 Å². The smallest absolute Gasteiger partial charge is 0.665 e. The van der Waals surface area contributed by atoms with Crippen LogP contribution in [-0.4, -0.2) is 24.4 Å². The van der Waals surface area contributed by atoms with E-state index in [4.69, 9.17) is 0 Å². The topological polar surface area (TPSA) is 34.4 Å². The van der Waals surface area contributed by atoms with E-state index < -0.39 is 0 Å². The molecule has 1 aromatic carbocycles. The molecule has 0 fully saturated rings. The number of nitrogens with zero attached hydrogens (tertiary/aromatic N) is 2. The number of hydrogen-bond acceptors (Lipinski definition) is 1. The van der Waals surface area contributed by atoms with Gasteiger partial charge in [0, 0.05) is 66.7 Å². The van der Waals surface area contributed by atoms with Crippen molar-refractivity contribution in [2.75, 3.05) is 13.6 Å².